The number of aliphatic hydroxyl groups excluding tert-OH is 12. The summed E-state index contributed by atoms with van der Waals surface area (Å²) in [6.45, 7) is -1.47. The van der Waals surface area contributed by atoms with Crippen molar-refractivity contribution in [2.24, 2.45) is 5.73 Å². The maximum absolute atomic E-state index is 12.9. The zero-order chi connectivity index (χ0) is 51.7. The van der Waals surface area contributed by atoms with Crippen LogP contribution in [-0.2, 0) is 75.3 Å². The number of hydrogen-bond acceptors (Lipinski definition) is 29. The van der Waals surface area contributed by atoms with Gasteiger partial charge >= 0.3 is 13.8 Å². The van der Waals surface area contributed by atoms with E-state index in [1.54, 1.807) is 0 Å². The minimum atomic E-state index is -5.01. The lowest BCUT2D eigenvalue weighted by Gasteiger charge is -2.51. The molecule has 0 spiro atoms. The molecule has 406 valence electrons. The zero-order valence-electron chi connectivity index (χ0n) is 37.5. The smallest absolute Gasteiger partial charge is 0.472 e. The zero-order valence-corrected chi connectivity index (χ0v) is 38.4. The van der Waals surface area contributed by atoms with Gasteiger partial charge in [0.2, 0.25) is 5.91 Å². The third-order valence-electron chi connectivity index (χ3n) is 12.3. The van der Waals surface area contributed by atoms with Crippen molar-refractivity contribution in [3.63, 3.8) is 0 Å². The van der Waals surface area contributed by atoms with Gasteiger partial charge in [0, 0.05) is 20.4 Å². The molecule has 6 saturated heterocycles. The maximum atomic E-state index is 12.9. The predicted molar refractivity (Wildman–Crippen MR) is 214 cm³/mol. The average molecular weight is 1050 g/mol. The molecular formula is C37H63N2O30P. The van der Waals surface area contributed by atoms with E-state index < -0.39 is 212 Å². The van der Waals surface area contributed by atoms with Crippen LogP contribution in [0.4, 0.5) is 0 Å². The summed E-state index contributed by atoms with van der Waals surface area (Å²) in [5.74, 6) is -4.83. The number of carbonyl (C=O) groups excluding carboxylic acids is 1. The fraction of sp³-hybridized carbons (Fsp3) is 0.946. The second-order valence-corrected chi connectivity index (χ2v) is 18.8. The molecule has 6 fully saturated rings. The van der Waals surface area contributed by atoms with Gasteiger partial charge in [-0.05, 0) is 6.92 Å². The molecule has 17 N–H and O–H groups in total. The highest BCUT2D eigenvalue weighted by Gasteiger charge is 2.62. The SMILES string of the molecule is CC(=O)N[C@H]1[C@@H](O[C@H]2[C@@H](O)[C@@H](COP(=O)(O)OCCN)O[C@@H](O[C@H]3[C@H](O)[C@@H](O)[C@H](O)O[C@@H]3CO)[C@@H]2O[C@@H]2O[C@@H](C)[C@@H](O)[C@@H](O)[C@@H]2O)O[C@H](CO)[C@H](O)[C@@H]1O[C@@H]1O[C@H](CO)[C@@H]2OC(C)(C(=O)O)O[C@@H]2[C@H]1O. The highest BCUT2D eigenvalue weighted by Crippen LogP contribution is 2.45. The molecule has 6 aliphatic rings. The monoisotopic (exact) mass is 1050 g/mol. The van der Waals surface area contributed by atoms with E-state index in [0.29, 0.717) is 0 Å². The lowest BCUT2D eigenvalue weighted by molar-refractivity contribution is -0.402. The molecule has 0 bridgehead atoms. The van der Waals surface area contributed by atoms with Gasteiger partial charge in [-0.1, -0.05) is 0 Å². The standard InChI is InChI=1S/C37H63N2O30P/c1-10-17(44)20(47)23(50)33(59-10)67-30-28(19(46)15(9-58-70(55,56)57-5-4-38)63-35(30)64-25-13(7-41)60-31(52)22(49)21(25)48)66-32-16(39-11(2)43)27(18(45)12(6-40)61-32)65-34-24(51)29-26(14(8-42)62-34)68-37(3,69-29)36(53)54/h10,12-35,40-42,44-52H,4-9,38H2,1-3H3,(H,39,43)(H,53,54)(H,55,56)/t10-,12+,13+,14+,15+,16+,17+,18-,19-,20+,21+,22+,23-,24+,25+,26-,27+,28-,29+,30+,31+,32+,33-,34-,35-,37?/m0/s1. The summed E-state index contributed by atoms with van der Waals surface area (Å²) in [6.07, 6.45) is -45.7. The number of aliphatic carboxylic acids is 1. The predicted octanol–water partition coefficient (Wildman–Crippen LogP) is -9.79. The number of phosphoric acid groups is 1. The molecule has 1 amide bonds. The Balaban J connectivity index is 1.41. The molecule has 2 unspecified atom stereocenters. The minimum Gasteiger partial charge on any atom is -0.477 e. The van der Waals surface area contributed by atoms with Crippen LogP contribution in [0.25, 0.3) is 0 Å². The quantitative estimate of drug-likeness (QED) is 0.0534. The Morgan fingerprint density at radius 1 is 0.614 bits per heavy atom. The van der Waals surface area contributed by atoms with Gasteiger partial charge in [0.1, 0.15) is 116 Å². The van der Waals surface area contributed by atoms with Crippen molar-refractivity contribution in [3.05, 3.63) is 0 Å². The van der Waals surface area contributed by atoms with E-state index >= 15 is 0 Å². The summed E-state index contributed by atoms with van der Waals surface area (Å²) >= 11 is 0. The number of carboxylic acids is 1. The van der Waals surface area contributed by atoms with E-state index in [2.05, 4.69) is 5.32 Å². The minimum absolute atomic E-state index is 0.245. The molecule has 0 aromatic heterocycles. The van der Waals surface area contributed by atoms with Gasteiger partial charge in [0.05, 0.1) is 39.1 Å². The summed E-state index contributed by atoms with van der Waals surface area (Å²) in [5, 5.41) is 142. The molecule has 0 aromatic rings. The van der Waals surface area contributed by atoms with Crippen LogP contribution < -0.4 is 11.1 Å². The van der Waals surface area contributed by atoms with E-state index in [0.717, 1.165) is 13.8 Å². The average Bonchev–Trinajstić information content (AvgIpc) is 3.69. The lowest BCUT2D eigenvalue weighted by Crippen LogP contribution is -2.70. The van der Waals surface area contributed by atoms with E-state index in [1.165, 1.54) is 6.92 Å². The molecule has 0 saturated carbocycles. The Kier molecular flexibility index (Phi) is 19.5. The van der Waals surface area contributed by atoms with Crippen LogP contribution in [0.5, 0.6) is 0 Å². The molecule has 6 aliphatic heterocycles. The van der Waals surface area contributed by atoms with Gasteiger partial charge in [-0.15, -0.1) is 0 Å². The molecule has 70 heavy (non-hydrogen) atoms. The molecule has 6 heterocycles. The summed E-state index contributed by atoms with van der Waals surface area (Å²) < 4.78 is 86.6. The van der Waals surface area contributed by atoms with E-state index in [-0.39, 0.29) is 6.54 Å². The highest BCUT2D eigenvalue weighted by molar-refractivity contribution is 7.47. The van der Waals surface area contributed by atoms with Gasteiger partial charge in [-0.3, -0.25) is 13.8 Å². The number of nitrogens with two attached hydrogens (primary N) is 1. The molecule has 0 aromatic carbocycles. The van der Waals surface area contributed by atoms with Crippen LogP contribution in [0.1, 0.15) is 20.8 Å². The number of rotatable bonds is 19. The molecule has 33 heteroatoms. The second-order valence-electron chi connectivity index (χ2n) is 17.3. The number of ether oxygens (including phenoxy) is 11. The Morgan fingerprint density at radius 2 is 1.17 bits per heavy atom. The van der Waals surface area contributed by atoms with Crippen LogP contribution in [0.3, 0.4) is 0 Å². The van der Waals surface area contributed by atoms with Crippen LogP contribution in [0, 0.1) is 0 Å². The van der Waals surface area contributed by atoms with Gasteiger partial charge < -0.3 is 134 Å². The number of hydrogen-bond donors (Lipinski definition) is 16. The van der Waals surface area contributed by atoms with Gasteiger partial charge in [0.15, 0.2) is 31.5 Å². The highest BCUT2D eigenvalue weighted by atomic mass is 31.2. The van der Waals surface area contributed by atoms with E-state index in [4.69, 9.17) is 66.9 Å². The first-order valence-electron chi connectivity index (χ1n) is 21.9. The van der Waals surface area contributed by atoms with Crippen molar-refractivity contribution in [2.45, 2.75) is 180 Å². The van der Waals surface area contributed by atoms with Crippen molar-refractivity contribution in [1.29, 1.82) is 0 Å². The molecule has 32 nitrogen and oxygen atoms in total. The maximum Gasteiger partial charge on any atom is 0.472 e. The second kappa shape index (κ2) is 23.7. The Morgan fingerprint density at radius 3 is 1.79 bits per heavy atom. The lowest BCUT2D eigenvalue weighted by atomic mass is 9.94. The normalized spacial score (nSPS) is 48.6. The summed E-state index contributed by atoms with van der Waals surface area (Å²) in [7, 11) is -5.01. The number of amides is 1. The number of carboxylic acid groups (broad SMARTS) is 1. The third kappa shape index (κ3) is 12.3. The van der Waals surface area contributed by atoms with Gasteiger partial charge in [0.25, 0.3) is 5.79 Å². The summed E-state index contributed by atoms with van der Waals surface area (Å²) in [5.41, 5.74) is 5.38. The third-order valence-corrected chi connectivity index (χ3v) is 13.3. The molecule has 0 radical (unpaired) electrons. The topological polar surface area (TPSA) is 492 Å². The number of carbonyl (C=O) groups is 2. The fourth-order valence-electron chi connectivity index (χ4n) is 8.60. The van der Waals surface area contributed by atoms with E-state index in [9.17, 15) is 85.4 Å². The number of phosphoric ester groups is 1. The van der Waals surface area contributed by atoms with Crippen molar-refractivity contribution >= 4 is 19.7 Å². The summed E-state index contributed by atoms with van der Waals surface area (Å²) in [4.78, 5) is 35.3. The van der Waals surface area contributed by atoms with Crippen LogP contribution in [0.2, 0.25) is 0 Å². The van der Waals surface area contributed by atoms with E-state index in [1.807, 2.05) is 0 Å². The summed E-state index contributed by atoms with van der Waals surface area (Å²) in [6, 6.07) is -1.84. The Hall–Kier alpha value is -1.91. The number of aliphatic hydroxyl groups is 12. The molecular weight excluding hydrogens is 983 g/mol. The molecule has 0 aliphatic carbocycles. The Labute approximate surface area is 396 Å². The van der Waals surface area contributed by atoms with Gasteiger partial charge in [-0.25, -0.2) is 9.36 Å². The molecule has 6 rings (SSSR count). The number of fused-ring (bicyclic) bond motifs is 1. The van der Waals surface area contributed by atoms with Crippen LogP contribution in [0.15, 0.2) is 0 Å². The first kappa shape index (κ1) is 57.4. The number of nitrogens with one attached hydrogen (secondary N) is 1. The fourth-order valence-corrected chi connectivity index (χ4v) is 9.35. The first-order chi connectivity index (χ1) is 32.9. The van der Waals surface area contributed by atoms with Crippen molar-refractivity contribution in [2.75, 3.05) is 39.6 Å². The van der Waals surface area contributed by atoms with Crippen molar-refractivity contribution in [1.82, 2.24) is 5.32 Å². The van der Waals surface area contributed by atoms with Crippen LogP contribution >= 0.6 is 7.82 Å². The van der Waals surface area contributed by atoms with Crippen molar-refractivity contribution < 1.29 is 147 Å². The molecule has 27 atom stereocenters. The largest absolute Gasteiger partial charge is 0.477 e. The van der Waals surface area contributed by atoms with Crippen molar-refractivity contribution in [3.8, 4) is 0 Å². The van der Waals surface area contributed by atoms with Gasteiger partial charge in [-0.2, -0.15) is 0 Å². The first-order valence-corrected chi connectivity index (χ1v) is 23.4. The van der Waals surface area contributed by atoms with Crippen LogP contribution in [-0.4, -0.2) is 282 Å². The Bertz CT molecular complexity index is 1780.